The summed E-state index contributed by atoms with van der Waals surface area (Å²) < 4.78 is 5.16. The lowest BCUT2D eigenvalue weighted by Crippen LogP contribution is -2.46. The summed E-state index contributed by atoms with van der Waals surface area (Å²) in [5, 5.41) is 3.22. The minimum atomic E-state index is -0.00384. The highest BCUT2D eigenvalue weighted by Crippen LogP contribution is 2.18. The van der Waals surface area contributed by atoms with Gasteiger partial charge in [-0.2, -0.15) is 0 Å². The molecule has 5 nitrogen and oxygen atoms in total. The van der Waals surface area contributed by atoms with E-state index in [1.807, 2.05) is 17.9 Å². The zero-order valence-electron chi connectivity index (χ0n) is 10.2. The quantitative estimate of drug-likeness (QED) is 0.808. The predicted molar refractivity (Wildman–Crippen MR) is 64.3 cm³/mol. The van der Waals surface area contributed by atoms with Crippen molar-refractivity contribution in [1.29, 1.82) is 0 Å². The molecule has 5 heteroatoms. The van der Waals surface area contributed by atoms with Gasteiger partial charge in [-0.05, 0) is 19.1 Å². The standard InChI is InChI=1S/C12H17N3O2/c1-9-3-4-10(11(14-9)17-2)12(16)15-7-5-13-6-8-15/h3-4,13H,5-8H2,1-2H3. The largest absolute Gasteiger partial charge is 0.480 e. The van der Waals surface area contributed by atoms with Gasteiger partial charge in [0.2, 0.25) is 5.88 Å². The Labute approximate surface area is 101 Å². The van der Waals surface area contributed by atoms with E-state index in [4.69, 9.17) is 4.74 Å². The van der Waals surface area contributed by atoms with Gasteiger partial charge in [0, 0.05) is 31.9 Å². The molecule has 1 saturated heterocycles. The number of hydrogen-bond donors (Lipinski definition) is 1. The minimum absolute atomic E-state index is 0.00384. The summed E-state index contributed by atoms with van der Waals surface area (Å²) >= 11 is 0. The van der Waals surface area contributed by atoms with Crippen molar-refractivity contribution in [3.8, 4) is 5.88 Å². The fourth-order valence-electron chi connectivity index (χ4n) is 1.89. The van der Waals surface area contributed by atoms with Gasteiger partial charge in [-0.15, -0.1) is 0 Å². The Balaban J connectivity index is 2.23. The first-order valence-electron chi connectivity index (χ1n) is 5.74. The monoisotopic (exact) mass is 235 g/mol. The Hall–Kier alpha value is -1.62. The summed E-state index contributed by atoms with van der Waals surface area (Å²) in [7, 11) is 1.54. The topological polar surface area (TPSA) is 54.5 Å². The molecule has 0 atom stereocenters. The Morgan fingerprint density at radius 1 is 1.41 bits per heavy atom. The summed E-state index contributed by atoms with van der Waals surface area (Å²) in [6.45, 7) is 5.02. The summed E-state index contributed by atoms with van der Waals surface area (Å²) in [4.78, 5) is 18.3. The van der Waals surface area contributed by atoms with Crippen LogP contribution >= 0.6 is 0 Å². The zero-order chi connectivity index (χ0) is 12.3. The van der Waals surface area contributed by atoms with Gasteiger partial charge in [0.15, 0.2) is 0 Å². The van der Waals surface area contributed by atoms with Gasteiger partial charge in [-0.25, -0.2) is 4.98 Å². The minimum Gasteiger partial charge on any atom is -0.480 e. The van der Waals surface area contributed by atoms with Crippen LogP contribution in [0, 0.1) is 6.92 Å². The predicted octanol–water partition coefficient (Wildman–Crippen LogP) is 0.444. The lowest BCUT2D eigenvalue weighted by Gasteiger charge is -2.27. The average Bonchev–Trinajstić information content (AvgIpc) is 2.39. The van der Waals surface area contributed by atoms with Gasteiger partial charge < -0.3 is 15.0 Å². The van der Waals surface area contributed by atoms with Crippen LogP contribution in [-0.4, -0.2) is 49.1 Å². The number of carbonyl (C=O) groups is 1. The summed E-state index contributed by atoms with van der Waals surface area (Å²) in [5.41, 5.74) is 1.39. The summed E-state index contributed by atoms with van der Waals surface area (Å²) in [5.74, 6) is 0.407. The van der Waals surface area contributed by atoms with E-state index in [2.05, 4.69) is 10.3 Å². The number of amides is 1. The number of rotatable bonds is 2. The Kier molecular flexibility index (Phi) is 3.58. The van der Waals surface area contributed by atoms with Crippen LogP contribution in [-0.2, 0) is 0 Å². The van der Waals surface area contributed by atoms with Crippen molar-refractivity contribution in [1.82, 2.24) is 15.2 Å². The zero-order valence-corrected chi connectivity index (χ0v) is 10.2. The first-order valence-corrected chi connectivity index (χ1v) is 5.74. The lowest BCUT2D eigenvalue weighted by molar-refractivity contribution is 0.0731. The van der Waals surface area contributed by atoms with Crippen molar-refractivity contribution in [2.24, 2.45) is 0 Å². The summed E-state index contributed by atoms with van der Waals surface area (Å²) in [6, 6.07) is 3.61. The molecule has 0 aliphatic carbocycles. The van der Waals surface area contributed by atoms with Gasteiger partial charge in [0.25, 0.3) is 5.91 Å². The normalized spacial score (nSPS) is 15.8. The van der Waals surface area contributed by atoms with Gasteiger partial charge >= 0.3 is 0 Å². The van der Waals surface area contributed by atoms with Crippen molar-refractivity contribution < 1.29 is 9.53 Å². The van der Waals surface area contributed by atoms with E-state index < -0.39 is 0 Å². The second-order valence-corrected chi connectivity index (χ2v) is 4.05. The molecule has 2 heterocycles. The van der Waals surface area contributed by atoms with E-state index in [1.54, 1.807) is 6.07 Å². The van der Waals surface area contributed by atoms with Crippen LogP contribution < -0.4 is 10.1 Å². The molecule has 0 spiro atoms. The molecule has 1 N–H and O–H groups in total. The molecule has 1 amide bonds. The molecule has 0 bridgehead atoms. The van der Waals surface area contributed by atoms with Crippen LogP contribution in [0.25, 0.3) is 0 Å². The molecular weight excluding hydrogens is 218 g/mol. The first-order chi connectivity index (χ1) is 8.22. The highest BCUT2D eigenvalue weighted by atomic mass is 16.5. The molecule has 1 aliphatic heterocycles. The van der Waals surface area contributed by atoms with Crippen LogP contribution in [0.4, 0.5) is 0 Å². The lowest BCUT2D eigenvalue weighted by atomic mass is 10.2. The molecule has 1 aromatic heterocycles. The summed E-state index contributed by atoms with van der Waals surface area (Å²) in [6.07, 6.45) is 0. The fourth-order valence-corrected chi connectivity index (χ4v) is 1.89. The number of pyridine rings is 1. The first kappa shape index (κ1) is 11.9. The number of nitrogens with zero attached hydrogens (tertiary/aromatic N) is 2. The second-order valence-electron chi connectivity index (χ2n) is 4.05. The molecule has 0 radical (unpaired) electrons. The number of aryl methyl sites for hydroxylation is 1. The molecule has 1 aromatic rings. The van der Waals surface area contributed by atoms with Gasteiger partial charge in [-0.3, -0.25) is 4.79 Å². The van der Waals surface area contributed by atoms with E-state index in [-0.39, 0.29) is 5.91 Å². The van der Waals surface area contributed by atoms with E-state index >= 15 is 0 Å². The third-order valence-corrected chi connectivity index (χ3v) is 2.83. The maximum Gasteiger partial charge on any atom is 0.259 e. The molecule has 92 valence electrons. The molecular formula is C12H17N3O2. The number of aromatic nitrogens is 1. The molecule has 0 unspecified atom stereocenters. The molecule has 17 heavy (non-hydrogen) atoms. The smallest absolute Gasteiger partial charge is 0.259 e. The number of carbonyl (C=O) groups excluding carboxylic acids is 1. The van der Waals surface area contributed by atoms with E-state index in [0.29, 0.717) is 11.4 Å². The van der Waals surface area contributed by atoms with Gasteiger partial charge in [-0.1, -0.05) is 0 Å². The molecule has 1 aliphatic rings. The third kappa shape index (κ3) is 2.55. The van der Waals surface area contributed by atoms with Crippen LogP contribution in [0.15, 0.2) is 12.1 Å². The van der Waals surface area contributed by atoms with E-state index in [9.17, 15) is 4.79 Å². The van der Waals surface area contributed by atoms with E-state index in [0.717, 1.165) is 31.9 Å². The highest BCUT2D eigenvalue weighted by molar-refractivity contribution is 5.96. The maximum atomic E-state index is 12.3. The molecule has 0 aromatic carbocycles. The Bertz CT molecular complexity index is 414. The van der Waals surface area contributed by atoms with Crippen molar-refractivity contribution in [3.05, 3.63) is 23.4 Å². The second kappa shape index (κ2) is 5.14. The van der Waals surface area contributed by atoms with Crippen molar-refractivity contribution in [2.45, 2.75) is 6.92 Å². The average molecular weight is 235 g/mol. The molecule has 0 saturated carbocycles. The van der Waals surface area contributed by atoms with Gasteiger partial charge in [0.1, 0.15) is 5.56 Å². The van der Waals surface area contributed by atoms with Gasteiger partial charge in [0.05, 0.1) is 7.11 Å². The third-order valence-electron chi connectivity index (χ3n) is 2.83. The fraction of sp³-hybridized carbons (Fsp3) is 0.500. The Morgan fingerprint density at radius 2 is 2.12 bits per heavy atom. The number of piperazine rings is 1. The van der Waals surface area contributed by atoms with Crippen molar-refractivity contribution >= 4 is 5.91 Å². The SMILES string of the molecule is COc1nc(C)ccc1C(=O)N1CCNCC1. The maximum absolute atomic E-state index is 12.3. The van der Waals surface area contributed by atoms with Crippen molar-refractivity contribution in [3.63, 3.8) is 0 Å². The molecule has 1 fully saturated rings. The highest BCUT2D eigenvalue weighted by Gasteiger charge is 2.21. The number of ether oxygens (including phenoxy) is 1. The van der Waals surface area contributed by atoms with Crippen LogP contribution in [0.3, 0.4) is 0 Å². The van der Waals surface area contributed by atoms with Crippen LogP contribution in [0.1, 0.15) is 16.1 Å². The van der Waals surface area contributed by atoms with Crippen LogP contribution in [0.5, 0.6) is 5.88 Å². The Morgan fingerprint density at radius 3 is 2.76 bits per heavy atom. The van der Waals surface area contributed by atoms with Crippen molar-refractivity contribution in [2.75, 3.05) is 33.3 Å². The number of hydrogen-bond acceptors (Lipinski definition) is 4. The number of nitrogens with one attached hydrogen (secondary N) is 1. The van der Waals surface area contributed by atoms with Crippen LogP contribution in [0.2, 0.25) is 0 Å². The molecule has 2 rings (SSSR count). The number of methoxy groups -OCH3 is 1. The van der Waals surface area contributed by atoms with E-state index in [1.165, 1.54) is 7.11 Å².